The first-order valence-corrected chi connectivity index (χ1v) is 16.3. The van der Waals surface area contributed by atoms with Crippen LogP contribution in [0.25, 0.3) is 0 Å². The molecule has 3 fully saturated rings. The van der Waals surface area contributed by atoms with E-state index in [0.717, 1.165) is 12.8 Å². The Balaban J connectivity index is 1.52. The molecule has 0 bridgehead atoms. The molecule has 1 heterocycles. The van der Waals surface area contributed by atoms with Gasteiger partial charge in [-0.3, -0.25) is 24.0 Å². The molecule has 3 aliphatic rings. The van der Waals surface area contributed by atoms with Gasteiger partial charge >= 0.3 is 6.03 Å². The Morgan fingerprint density at radius 3 is 2.13 bits per heavy atom. The highest BCUT2D eigenvalue weighted by Crippen LogP contribution is 2.65. The maximum absolute atomic E-state index is 14.3. The molecular formula is C35H50N4O7. The minimum atomic E-state index is -1.05. The molecule has 6 atom stereocenters. The van der Waals surface area contributed by atoms with Gasteiger partial charge in [-0.25, -0.2) is 4.79 Å². The Hall–Kier alpha value is -3.76. The van der Waals surface area contributed by atoms with Crippen molar-refractivity contribution in [1.29, 1.82) is 0 Å². The summed E-state index contributed by atoms with van der Waals surface area (Å²) in [6.07, 6.45) is 2.19. The number of ketones is 3. The normalized spacial score (nSPS) is 23.5. The molecule has 2 saturated carbocycles. The second-order valence-electron chi connectivity index (χ2n) is 15.4. The van der Waals surface area contributed by atoms with Crippen LogP contribution in [0.2, 0.25) is 0 Å². The van der Waals surface area contributed by atoms with Crippen LogP contribution in [0.3, 0.4) is 0 Å². The number of methoxy groups -OCH3 is 1. The van der Waals surface area contributed by atoms with Crippen molar-refractivity contribution in [3.63, 3.8) is 0 Å². The van der Waals surface area contributed by atoms with Gasteiger partial charge in [0, 0.05) is 24.4 Å². The number of ether oxygens (including phenoxy) is 1. The lowest BCUT2D eigenvalue weighted by molar-refractivity contribution is -0.144. The number of fused-ring (bicyclic) bond motifs is 1. The molecule has 2 aliphatic carbocycles. The van der Waals surface area contributed by atoms with Crippen LogP contribution < -0.4 is 21.1 Å². The van der Waals surface area contributed by atoms with E-state index in [-0.39, 0.29) is 41.2 Å². The number of carbonyl (C=O) groups is 6. The van der Waals surface area contributed by atoms with Gasteiger partial charge in [-0.1, -0.05) is 61.3 Å². The number of nitrogens with one attached hydrogen (secondary N) is 2. The SMILES string of the molecule is COc1ccc(C(=O)[C@@H](NC(=O)N[C@H](C(=O)N2C[C@H]3[C@@H]([C@H]2C(=O)CC(CC2CC2)C(=O)C(N)=O)C3(C)C)C(C)(C)C)C(C)C)cc1. The number of primary amides is 1. The van der Waals surface area contributed by atoms with Crippen molar-refractivity contribution in [2.75, 3.05) is 13.7 Å². The third-order valence-electron chi connectivity index (χ3n) is 10.2. The summed E-state index contributed by atoms with van der Waals surface area (Å²) in [4.78, 5) is 81.0. The van der Waals surface area contributed by atoms with E-state index in [2.05, 4.69) is 24.5 Å². The molecule has 11 heteroatoms. The average molecular weight is 639 g/mol. The largest absolute Gasteiger partial charge is 0.497 e. The molecule has 1 saturated heterocycles. The van der Waals surface area contributed by atoms with Crippen molar-refractivity contribution in [3.8, 4) is 5.75 Å². The summed E-state index contributed by atoms with van der Waals surface area (Å²) in [6.45, 7) is 13.6. The molecule has 46 heavy (non-hydrogen) atoms. The molecule has 4 N–H and O–H groups in total. The van der Waals surface area contributed by atoms with Gasteiger partial charge in [0.2, 0.25) is 11.7 Å². The van der Waals surface area contributed by atoms with Crippen LogP contribution in [0.5, 0.6) is 5.75 Å². The highest BCUT2D eigenvalue weighted by Gasteiger charge is 2.69. The average Bonchev–Trinajstić information content (AvgIpc) is 3.84. The van der Waals surface area contributed by atoms with E-state index in [1.807, 2.05) is 34.6 Å². The van der Waals surface area contributed by atoms with E-state index in [1.165, 1.54) is 7.11 Å². The van der Waals surface area contributed by atoms with E-state index in [0.29, 0.717) is 30.2 Å². The molecule has 1 aromatic carbocycles. The minimum absolute atomic E-state index is 0.0870. The zero-order valence-electron chi connectivity index (χ0n) is 28.3. The first kappa shape index (κ1) is 35.1. The number of amides is 4. The predicted octanol–water partition coefficient (Wildman–Crippen LogP) is 3.53. The van der Waals surface area contributed by atoms with E-state index in [4.69, 9.17) is 10.5 Å². The maximum Gasteiger partial charge on any atom is 0.316 e. The molecule has 4 amide bonds. The first-order chi connectivity index (χ1) is 21.4. The predicted molar refractivity (Wildman–Crippen MR) is 172 cm³/mol. The van der Waals surface area contributed by atoms with Crippen molar-refractivity contribution in [3.05, 3.63) is 29.8 Å². The Morgan fingerprint density at radius 1 is 1.02 bits per heavy atom. The van der Waals surface area contributed by atoms with Gasteiger partial charge < -0.3 is 26.0 Å². The lowest BCUT2D eigenvalue weighted by atomic mass is 9.84. The number of nitrogens with zero attached hydrogens (tertiary/aromatic N) is 1. The van der Waals surface area contributed by atoms with Crippen molar-refractivity contribution >= 4 is 35.2 Å². The number of nitrogens with two attached hydrogens (primary N) is 1. The van der Waals surface area contributed by atoms with Crippen LogP contribution in [-0.4, -0.2) is 71.9 Å². The maximum atomic E-state index is 14.3. The number of hydrogen-bond acceptors (Lipinski definition) is 7. The minimum Gasteiger partial charge on any atom is -0.497 e. The molecule has 0 spiro atoms. The Morgan fingerprint density at radius 2 is 1.63 bits per heavy atom. The third kappa shape index (κ3) is 7.44. The topological polar surface area (TPSA) is 165 Å². The first-order valence-electron chi connectivity index (χ1n) is 16.3. The number of rotatable bonds is 14. The van der Waals surface area contributed by atoms with Crippen molar-refractivity contribution < 1.29 is 33.5 Å². The quantitative estimate of drug-likeness (QED) is 0.207. The molecule has 4 rings (SSSR count). The van der Waals surface area contributed by atoms with Gasteiger partial charge in [-0.15, -0.1) is 0 Å². The van der Waals surface area contributed by atoms with Crippen LogP contribution in [0.4, 0.5) is 4.79 Å². The van der Waals surface area contributed by atoms with Crippen molar-refractivity contribution in [1.82, 2.24) is 15.5 Å². The van der Waals surface area contributed by atoms with Crippen molar-refractivity contribution in [2.24, 2.45) is 46.2 Å². The van der Waals surface area contributed by atoms with Gasteiger partial charge in [0.15, 0.2) is 11.6 Å². The monoisotopic (exact) mass is 638 g/mol. The Bertz CT molecular complexity index is 1380. The highest BCUT2D eigenvalue weighted by atomic mass is 16.5. The fourth-order valence-corrected chi connectivity index (χ4v) is 7.08. The number of hydrogen-bond donors (Lipinski definition) is 3. The van der Waals surface area contributed by atoms with Gasteiger partial charge in [0.1, 0.15) is 11.8 Å². The number of carbonyl (C=O) groups excluding carboxylic acids is 6. The standard InChI is InChI=1S/C35H50N4O7/c1-18(2)26(28(41)20-11-13-22(46-8)14-12-20)37-33(45)38-30(34(3,4)5)32(44)39-17-23-25(35(23,6)7)27(39)24(40)16-21(15-19-9-10-19)29(42)31(36)43/h11-14,18-19,21,23,25-27,30H,9-10,15-17H2,1-8H3,(H2,36,43)(H2,37,38,45)/t21?,23-,25-,26-,27+,30+/m0/s1. The molecule has 1 unspecified atom stereocenters. The van der Waals surface area contributed by atoms with E-state index < -0.39 is 53.1 Å². The number of urea groups is 1. The zero-order valence-corrected chi connectivity index (χ0v) is 28.3. The van der Waals surface area contributed by atoms with Crippen LogP contribution in [0, 0.1) is 40.4 Å². The zero-order chi connectivity index (χ0) is 34.3. The fraction of sp³-hybridized carbons (Fsp3) is 0.657. The molecule has 252 valence electrons. The van der Waals surface area contributed by atoms with Crippen LogP contribution in [0.15, 0.2) is 24.3 Å². The fourth-order valence-electron chi connectivity index (χ4n) is 7.08. The number of benzene rings is 1. The van der Waals surface area contributed by atoms with Gasteiger partial charge in [0.25, 0.3) is 5.91 Å². The van der Waals surface area contributed by atoms with Crippen molar-refractivity contribution in [2.45, 2.75) is 92.3 Å². The van der Waals surface area contributed by atoms with Crippen LogP contribution in [0.1, 0.15) is 84.5 Å². The summed E-state index contributed by atoms with van der Waals surface area (Å²) in [5.41, 5.74) is 4.84. The molecule has 1 aromatic rings. The molecular weight excluding hydrogens is 588 g/mol. The summed E-state index contributed by atoms with van der Waals surface area (Å²) in [5, 5.41) is 5.60. The van der Waals surface area contributed by atoms with E-state index in [1.54, 1.807) is 29.2 Å². The second kappa shape index (κ2) is 13.2. The summed E-state index contributed by atoms with van der Waals surface area (Å²) in [5.74, 6) is -2.84. The Labute approximate surface area is 271 Å². The number of piperidine rings is 1. The molecule has 11 nitrogen and oxygen atoms in total. The van der Waals surface area contributed by atoms with Gasteiger partial charge in [-0.05, 0) is 65.2 Å². The lowest BCUT2D eigenvalue weighted by Crippen LogP contribution is -2.61. The third-order valence-corrected chi connectivity index (χ3v) is 10.2. The smallest absolute Gasteiger partial charge is 0.316 e. The number of Topliss-reactive ketones (excluding diaryl/α,β-unsaturated/α-hetero) is 3. The molecule has 1 aliphatic heterocycles. The van der Waals surface area contributed by atoms with Gasteiger partial charge in [0.05, 0.1) is 19.2 Å². The van der Waals surface area contributed by atoms with Crippen LogP contribution in [-0.2, 0) is 19.2 Å². The summed E-state index contributed by atoms with van der Waals surface area (Å²) < 4.78 is 5.18. The highest BCUT2D eigenvalue weighted by molar-refractivity contribution is 6.36. The van der Waals surface area contributed by atoms with Gasteiger partial charge in [-0.2, -0.15) is 0 Å². The van der Waals surface area contributed by atoms with E-state index >= 15 is 0 Å². The summed E-state index contributed by atoms with van der Waals surface area (Å²) >= 11 is 0. The Kier molecular flexibility index (Phi) is 10.0. The molecule has 0 radical (unpaired) electrons. The number of likely N-dealkylation sites (tertiary alicyclic amines) is 1. The summed E-state index contributed by atoms with van der Waals surface area (Å²) in [7, 11) is 1.54. The second-order valence-corrected chi connectivity index (χ2v) is 15.4. The lowest BCUT2D eigenvalue weighted by Gasteiger charge is -2.38. The summed E-state index contributed by atoms with van der Waals surface area (Å²) in [6, 6.07) is 3.32. The molecule has 0 aromatic heterocycles. The van der Waals surface area contributed by atoms with Crippen LogP contribution >= 0.6 is 0 Å². The van der Waals surface area contributed by atoms with E-state index in [9.17, 15) is 28.8 Å².